The first-order valence-electron chi connectivity index (χ1n) is 50.0. The van der Waals surface area contributed by atoms with Crippen LogP contribution in [0.5, 0.6) is 0 Å². The van der Waals surface area contributed by atoms with Gasteiger partial charge >= 0.3 is 17.9 Å². The van der Waals surface area contributed by atoms with Crippen molar-refractivity contribution in [2.45, 2.75) is 282 Å². The Kier molecular flexibility index (Phi) is 38.7. The second-order valence-corrected chi connectivity index (χ2v) is 39.6. The SMILES string of the molecule is CCC(NCc1ccc(NC(=O)c2cc(N(CC3CC3)C3CCCCC3)ncn2)cc1)C(=O)OC.CN(C)Cc1ccc(NC(=O)c2cc(N(CC3CC3)C3CCCCC3)ncn2)cc1.CN(CC(=O)OC(C)(C)C)Cc1ccc(NC(=O)c2cc(N(CC3CC3)C3CCCCC3)ncn2)cc1.COC(=O)CCNCc1ccc(NC(=O)c2cc(N(CC3CC3)C3CCCCC3)ncn2)cc1. The third-order valence-electron chi connectivity index (χ3n) is 26.5. The first kappa shape index (κ1) is 102. The molecule has 4 heterocycles. The lowest BCUT2D eigenvalue weighted by atomic mass is 9.94. The lowest BCUT2D eigenvalue weighted by molar-refractivity contribution is -0.156. The van der Waals surface area contributed by atoms with Gasteiger partial charge in [0.2, 0.25) is 0 Å². The molecule has 730 valence electrons. The lowest BCUT2D eigenvalue weighted by Crippen LogP contribution is -2.39. The summed E-state index contributed by atoms with van der Waals surface area (Å²) in [4.78, 5) is 136. The summed E-state index contributed by atoms with van der Waals surface area (Å²) in [5.41, 5.74) is 8.29. The van der Waals surface area contributed by atoms with Gasteiger partial charge in [-0.25, -0.2) is 39.9 Å². The number of carbonyl (C=O) groups is 7. The Bertz CT molecular complexity index is 5100. The topological polar surface area (TPSA) is 342 Å². The first-order chi connectivity index (χ1) is 65.9. The van der Waals surface area contributed by atoms with Crippen molar-refractivity contribution in [3.8, 4) is 0 Å². The van der Waals surface area contributed by atoms with Gasteiger partial charge in [-0.15, -0.1) is 0 Å². The molecular weight excluding hydrogens is 1710 g/mol. The van der Waals surface area contributed by atoms with Crippen molar-refractivity contribution in [1.82, 2.24) is 60.3 Å². The van der Waals surface area contributed by atoms with E-state index in [0.29, 0.717) is 103 Å². The van der Waals surface area contributed by atoms with Crippen LogP contribution in [0.2, 0.25) is 0 Å². The molecule has 30 heteroatoms. The van der Waals surface area contributed by atoms with Crippen LogP contribution in [0.1, 0.15) is 285 Å². The van der Waals surface area contributed by atoms with Crippen LogP contribution in [0, 0.1) is 23.7 Å². The normalized spacial score (nSPS) is 16.7. The highest BCUT2D eigenvalue weighted by molar-refractivity contribution is 6.05. The fraction of sp³-hybridized carbons (Fsp3) is 0.557. The van der Waals surface area contributed by atoms with Gasteiger partial charge in [-0.3, -0.25) is 38.5 Å². The maximum Gasteiger partial charge on any atom is 0.322 e. The van der Waals surface area contributed by atoms with E-state index in [4.69, 9.17) is 9.47 Å². The summed E-state index contributed by atoms with van der Waals surface area (Å²) in [5, 5.41) is 18.2. The molecule has 8 aliphatic carbocycles. The molecule has 0 radical (unpaired) electrons. The van der Waals surface area contributed by atoms with Gasteiger partial charge in [0.25, 0.3) is 23.6 Å². The van der Waals surface area contributed by atoms with E-state index in [1.165, 1.54) is 225 Å². The van der Waals surface area contributed by atoms with Crippen molar-refractivity contribution in [3.05, 3.63) is 192 Å². The van der Waals surface area contributed by atoms with E-state index >= 15 is 0 Å². The van der Waals surface area contributed by atoms with E-state index < -0.39 is 5.60 Å². The van der Waals surface area contributed by atoms with Gasteiger partial charge < -0.3 is 70.6 Å². The average molecular weight is 1860 g/mol. The number of nitrogens with one attached hydrogen (secondary N) is 6. The molecule has 0 spiro atoms. The fourth-order valence-electron chi connectivity index (χ4n) is 18.3. The van der Waals surface area contributed by atoms with Crippen molar-refractivity contribution in [2.75, 3.05) is 115 Å². The second kappa shape index (κ2) is 51.6. The quantitative estimate of drug-likeness (QED) is 0.0118. The minimum atomic E-state index is -0.492. The van der Waals surface area contributed by atoms with E-state index in [1.54, 1.807) is 0 Å². The van der Waals surface area contributed by atoms with Crippen LogP contribution >= 0.6 is 0 Å². The number of carbonyl (C=O) groups excluding carboxylic acids is 7. The van der Waals surface area contributed by atoms with Gasteiger partial charge in [-0.2, -0.15) is 0 Å². The lowest BCUT2D eigenvalue weighted by Gasteiger charge is -2.35. The van der Waals surface area contributed by atoms with Gasteiger partial charge in [0, 0.05) is 130 Å². The van der Waals surface area contributed by atoms with Crippen LogP contribution in [-0.2, 0) is 54.8 Å². The number of nitrogens with zero attached hydrogens (tertiary/aromatic N) is 14. The predicted molar refractivity (Wildman–Crippen MR) is 534 cm³/mol. The summed E-state index contributed by atoms with van der Waals surface area (Å²) >= 11 is 0. The Morgan fingerprint density at radius 3 is 0.956 bits per heavy atom. The molecule has 8 fully saturated rings. The maximum atomic E-state index is 13.0. The number of esters is 3. The third kappa shape index (κ3) is 33.8. The molecule has 6 N–H and O–H groups in total. The molecule has 4 amide bonds. The molecule has 0 bridgehead atoms. The van der Waals surface area contributed by atoms with Gasteiger partial charge in [-0.1, -0.05) is 133 Å². The number of rotatable bonds is 40. The number of likely N-dealkylation sites (N-methyl/N-ethyl adjacent to an activating group) is 1. The number of amides is 4. The van der Waals surface area contributed by atoms with Gasteiger partial charge in [0.1, 0.15) is 83.0 Å². The summed E-state index contributed by atoms with van der Waals surface area (Å²) in [6, 6.07) is 39.9. The Morgan fingerprint density at radius 2 is 0.676 bits per heavy atom. The molecule has 4 aromatic heterocycles. The molecule has 136 heavy (non-hydrogen) atoms. The molecule has 8 aromatic rings. The number of aromatic nitrogens is 8. The summed E-state index contributed by atoms with van der Waals surface area (Å²) < 4.78 is 14.8. The van der Waals surface area contributed by atoms with E-state index in [1.807, 2.05) is 175 Å². The summed E-state index contributed by atoms with van der Waals surface area (Å²) in [6.07, 6.45) is 42.4. The molecule has 1 unspecified atom stereocenters. The first-order valence-corrected chi connectivity index (χ1v) is 50.0. The highest BCUT2D eigenvalue weighted by atomic mass is 16.6. The minimum Gasteiger partial charge on any atom is -0.469 e. The zero-order chi connectivity index (χ0) is 95.7. The second-order valence-electron chi connectivity index (χ2n) is 39.6. The van der Waals surface area contributed by atoms with E-state index in [9.17, 15) is 33.6 Å². The molecule has 16 rings (SSSR count). The maximum absolute atomic E-state index is 13.0. The summed E-state index contributed by atoms with van der Waals surface area (Å²) in [7, 11) is 8.75. The number of anilines is 8. The van der Waals surface area contributed by atoms with Crippen molar-refractivity contribution in [3.63, 3.8) is 0 Å². The average Bonchev–Trinajstić information content (AvgIpc) is 1.70. The van der Waals surface area contributed by atoms with Crippen LogP contribution < -0.4 is 51.5 Å². The largest absolute Gasteiger partial charge is 0.469 e. The third-order valence-corrected chi connectivity index (χ3v) is 26.5. The Labute approximate surface area is 804 Å². The van der Waals surface area contributed by atoms with Crippen molar-refractivity contribution in [2.24, 2.45) is 23.7 Å². The van der Waals surface area contributed by atoms with Gasteiger partial charge in [0.05, 0.1) is 27.2 Å². The molecule has 1 atom stereocenters. The highest BCUT2D eigenvalue weighted by Crippen LogP contribution is 2.40. The van der Waals surface area contributed by atoms with Crippen LogP contribution in [0.4, 0.5) is 46.0 Å². The molecule has 8 aliphatic rings. The molecular formula is C106H146N20O10. The number of hydrogen-bond acceptors (Lipinski definition) is 26. The molecule has 8 saturated carbocycles. The number of ether oxygens (including phenoxy) is 3. The Balaban J connectivity index is 0.000000154. The van der Waals surface area contributed by atoms with E-state index in [2.05, 4.69) is 101 Å². The fourth-order valence-corrected chi connectivity index (χ4v) is 18.3. The van der Waals surface area contributed by atoms with E-state index in [-0.39, 0.29) is 54.1 Å². The highest BCUT2D eigenvalue weighted by Gasteiger charge is 2.36. The molecule has 4 aromatic carbocycles. The van der Waals surface area contributed by atoms with Crippen molar-refractivity contribution >= 4 is 87.6 Å². The molecule has 0 saturated heterocycles. The Morgan fingerprint density at radius 1 is 0.375 bits per heavy atom. The minimum absolute atomic E-state index is 0.186. The Hall–Kier alpha value is -11.5. The summed E-state index contributed by atoms with van der Waals surface area (Å²) in [5.74, 6) is 4.87. The van der Waals surface area contributed by atoms with Gasteiger partial charge in [-0.05, 0) is 246 Å². The van der Waals surface area contributed by atoms with Gasteiger partial charge in [0.15, 0.2) is 0 Å². The van der Waals surface area contributed by atoms with Crippen LogP contribution in [0.3, 0.4) is 0 Å². The molecule has 0 aliphatic heterocycles. The zero-order valence-corrected chi connectivity index (χ0v) is 81.7. The van der Waals surface area contributed by atoms with Crippen molar-refractivity contribution in [1.29, 1.82) is 0 Å². The smallest absolute Gasteiger partial charge is 0.322 e. The van der Waals surface area contributed by atoms with Crippen molar-refractivity contribution < 1.29 is 47.8 Å². The van der Waals surface area contributed by atoms with Crippen LogP contribution in [0.25, 0.3) is 0 Å². The zero-order valence-electron chi connectivity index (χ0n) is 81.7. The molecule has 30 nitrogen and oxygen atoms in total. The predicted octanol–water partition coefficient (Wildman–Crippen LogP) is 17.6. The van der Waals surface area contributed by atoms with E-state index in [0.717, 1.165) is 102 Å². The standard InChI is InChI=1S/C29H41N5O3.C27H37N5O3.C26H35N5O3.C24H33N5O/c1-29(2,3)37-27(35)19-33(4)17-21-12-14-23(15-13-21)32-28(36)25-16-26(31-20-30-25)34(18-22-10-11-22)24-8-6-5-7-9-24;1-3-23(27(34)35-2)28-16-19-11-13-21(14-12-19)31-26(33)24-15-25(30-18-29-24)32(17-20-9-10-20)22-7-5-4-6-8-22;1-34-25(32)13-14-27-16-19-9-11-21(12-10-19)30-26(33)23-15-24(29-18-28-23)31(17-20-7-8-20)22-5-3-2-4-6-22;1-28(2)15-18-10-12-20(13-11-18)27-24(30)22-14-23(26-17-25-22)29(16-19-8-9-19)21-6-4-3-5-7-21/h12-16,20,22,24H,5-11,17-19H2,1-4H3,(H,32,36);11-15,18,20,22-23,28H,3-10,16-17H2,1-2H3,(H,31,33);9-12,15,18,20,22,27H,2-8,13-14,16-17H2,1H3,(H,30,33);10-14,17,19,21H,3-9,15-16H2,1-2H3,(H,27,30). The monoisotopic (exact) mass is 1860 g/mol. The number of hydrogen-bond donors (Lipinski definition) is 6. The van der Waals surface area contributed by atoms with Crippen LogP contribution in [-0.4, -0.2) is 202 Å². The number of methoxy groups -OCH3 is 2. The summed E-state index contributed by atoms with van der Waals surface area (Å²) in [6.45, 7) is 15.1. The number of benzene rings is 4. The van der Waals surface area contributed by atoms with Crippen LogP contribution in [0.15, 0.2) is 147 Å².